The number of hydrogen-bond acceptors (Lipinski definition) is 4. The lowest BCUT2D eigenvalue weighted by atomic mass is 9.75. The summed E-state index contributed by atoms with van der Waals surface area (Å²) in [4.78, 5) is 19.9. The third kappa shape index (κ3) is 4.46. The topological polar surface area (TPSA) is 36.0 Å². The number of piperidine rings is 1. The molecule has 2 atom stereocenters. The van der Waals surface area contributed by atoms with E-state index in [2.05, 4.69) is 32.9 Å². The molecule has 4 aliphatic rings. The molecule has 3 aliphatic heterocycles. The highest BCUT2D eigenvalue weighted by molar-refractivity contribution is 5.78. The fraction of sp³-hybridized carbons (Fsp3) is 0.708. The first kappa shape index (κ1) is 19.4. The molecule has 3 fully saturated rings. The van der Waals surface area contributed by atoms with Crippen LogP contribution in [0, 0.1) is 11.8 Å². The Morgan fingerprint density at radius 1 is 0.966 bits per heavy atom. The van der Waals surface area contributed by atoms with Crippen LogP contribution in [0.2, 0.25) is 0 Å². The monoisotopic (exact) mass is 397 g/mol. The third-order valence-corrected chi connectivity index (χ3v) is 7.63. The number of amides is 1. The summed E-state index contributed by atoms with van der Waals surface area (Å²) in [5, 5.41) is 0. The molecular weight excluding hydrogens is 362 g/mol. The lowest BCUT2D eigenvalue weighted by Crippen LogP contribution is -2.52. The summed E-state index contributed by atoms with van der Waals surface area (Å²) >= 11 is 0. The number of piperazine rings is 1. The van der Waals surface area contributed by atoms with E-state index in [1.165, 1.54) is 43.2 Å². The molecule has 5 rings (SSSR count). The van der Waals surface area contributed by atoms with Crippen LogP contribution in [0.4, 0.5) is 0 Å². The molecule has 0 bridgehead atoms. The van der Waals surface area contributed by atoms with E-state index in [0.717, 1.165) is 76.4 Å². The van der Waals surface area contributed by atoms with Crippen LogP contribution < -0.4 is 4.74 Å². The molecule has 0 unspecified atom stereocenters. The van der Waals surface area contributed by atoms with Gasteiger partial charge in [0.2, 0.25) is 5.91 Å². The van der Waals surface area contributed by atoms with Crippen molar-refractivity contribution in [1.82, 2.24) is 14.7 Å². The second-order valence-electron chi connectivity index (χ2n) is 9.53. The summed E-state index contributed by atoms with van der Waals surface area (Å²) in [7, 11) is 0. The first-order valence-corrected chi connectivity index (χ1v) is 11.7. The smallest absolute Gasteiger partial charge is 0.236 e. The van der Waals surface area contributed by atoms with Gasteiger partial charge in [-0.25, -0.2) is 0 Å². The first-order chi connectivity index (χ1) is 14.2. The molecule has 5 nitrogen and oxygen atoms in total. The summed E-state index contributed by atoms with van der Waals surface area (Å²) in [6.07, 6.45) is 7.77. The Kier molecular flexibility index (Phi) is 5.78. The Balaban J connectivity index is 1.07. The molecule has 1 saturated carbocycles. The highest BCUT2D eigenvalue weighted by atomic mass is 16.5. The number of carbonyl (C=O) groups is 1. The molecular formula is C24H35N3O2. The van der Waals surface area contributed by atoms with Crippen LogP contribution in [0.1, 0.15) is 43.2 Å². The molecule has 29 heavy (non-hydrogen) atoms. The summed E-state index contributed by atoms with van der Waals surface area (Å²) < 4.78 is 5.62. The third-order valence-electron chi connectivity index (χ3n) is 7.63. The van der Waals surface area contributed by atoms with Crippen LogP contribution >= 0.6 is 0 Å². The maximum Gasteiger partial charge on any atom is 0.236 e. The van der Waals surface area contributed by atoms with Gasteiger partial charge in [-0.2, -0.15) is 0 Å². The highest BCUT2D eigenvalue weighted by Gasteiger charge is 2.33. The first-order valence-electron chi connectivity index (χ1n) is 11.7. The Bertz CT molecular complexity index is 729. The van der Waals surface area contributed by atoms with E-state index >= 15 is 0 Å². The van der Waals surface area contributed by atoms with E-state index in [9.17, 15) is 4.79 Å². The number of fused-ring (bicyclic) bond motifs is 2. The minimum absolute atomic E-state index is 0.362. The number of hydrogen-bond donors (Lipinski definition) is 0. The van der Waals surface area contributed by atoms with Crippen LogP contribution in [0.15, 0.2) is 18.2 Å². The quantitative estimate of drug-likeness (QED) is 0.783. The maximum absolute atomic E-state index is 12.9. The molecule has 5 heteroatoms. The standard InChI is InChI=1S/C24H35N3O2/c28-24(27-9-7-20-3-1-2-4-22(20)17-27)18-26-12-10-25(11-13-26)16-19-5-6-23-21(15-19)8-14-29-23/h5-6,15,20,22H,1-4,7-14,16-18H2/t20-,22+/m0/s1. The second-order valence-corrected chi connectivity index (χ2v) is 9.53. The van der Waals surface area contributed by atoms with E-state index in [1.54, 1.807) is 0 Å². The molecule has 0 radical (unpaired) electrons. The molecule has 1 amide bonds. The van der Waals surface area contributed by atoms with Crippen molar-refractivity contribution in [3.05, 3.63) is 29.3 Å². The van der Waals surface area contributed by atoms with Crippen molar-refractivity contribution in [2.75, 3.05) is 52.4 Å². The van der Waals surface area contributed by atoms with E-state index < -0.39 is 0 Å². The number of carbonyl (C=O) groups excluding carboxylic acids is 1. The van der Waals surface area contributed by atoms with Crippen molar-refractivity contribution >= 4 is 5.91 Å². The van der Waals surface area contributed by atoms with Gasteiger partial charge in [-0.05, 0) is 41.9 Å². The molecule has 1 aromatic carbocycles. The van der Waals surface area contributed by atoms with Crippen molar-refractivity contribution in [1.29, 1.82) is 0 Å². The predicted octanol–water partition coefficient (Wildman–Crippen LogP) is 2.78. The maximum atomic E-state index is 12.9. The minimum atomic E-state index is 0.362. The highest BCUT2D eigenvalue weighted by Crippen LogP contribution is 2.36. The molecule has 0 aromatic heterocycles. The fourth-order valence-corrected chi connectivity index (χ4v) is 5.82. The van der Waals surface area contributed by atoms with Crippen molar-refractivity contribution < 1.29 is 9.53 Å². The normalized spacial score (nSPS) is 27.9. The van der Waals surface area contributed by atoms with Gasteiger partial charge in [0.1, 0.15) is 5.75 Å². The van der Waals surface area contributed by atoms with Crippen LogP contribution in [0.5, 0.6) is 5.75 Å². The van der Waals surface area contributed by atoms with E-state index in [-0.39, 0.29) is 0 Å². The van der Waals surface area contributed by atoms with E-state index in [4.69, 9.17) is 4.74 Å². The Hall–Kier alpha value is -1.59. The zero-order chi connectivity index (χ0) is 19.6. The zero-order valence-electron chi connectivity index (χ0n) is 17.7. The molecule has 1 aromatic rings. The average Bonchev–Trinajstić information content (AvgIpc) is 3.23. The van der Waals surface area contributed by atoms with Gasteiger partial charge in [0.05, 0.1) is 13.2 Å². The van der Waals surface area contributed by atoms with Gasteiger partial charge < -0.3 is 9.64 Å². The predicted molar refractivity (Wildman–Crippen MR) is 114 cm³/mol. The molecule has 0 spiro atoms. The van der Waals surface area contributed by atoms with Gasteiger partial charge in [-0.1, -0.05) is 31.4 Å². The Morgan fingerprint density at radius 2 is 1.76 bits per heavy atom. The van der Waals surface area contributed by atoms with E-state index in [1.807, 2.05) is 0 Å². The summed E-state index contributed by atoms with van der Waals surface area (Å²) in [5.74, 6) is 3.09. The Morgan fingerprint density at radius 3 is 2.62 bits per heavy atom. The van der Waals surface area contributed by atoms with E-state index in [0.29, 0.717) is 12.5 Å². The largest absolute Gasteiger partial charge is 0.493 e. The number of benzene rings is 1. The minimum Gasteiger partial charge on any atom is -0.493 e. The van der Waals surface area contributed by atoms with Gasteiger partial charge in [0, 0.05) is 52.2 Å². The second kappa shape index (κ2) is 8.65. The SMILES string of the molecule is O=C(CN1CCN(Cc2ccc3c(c2)CCO3)CC1)N1CC[C@@H]2CCCC[C@@H]2C1. The lowest BCUT2D eigenvalue weighted by Gasteiger charge is -2.42. The van der Waals surface area contributed by atoms with Gasteiger partial charge in [0.25, 0.3) is 0 Å². The van der Waals surface area contributed by atoms with Crippen molar-refractivity contribution in [3.8, 4) is 5.75 Å². The number of nitrogens with zero attached hydrogens (tertiary/aromatic N) is 3. The van der Waals surface area contributed by atoms with Crippen molar-refractivity contribution in [2.45, 2.75) is 45.1 Å². The van der Waals surface area contributed by atoms with Crippen molar-refractivity contribution in [2.24, 2.45) is 11.8 Å². The molecule has 2 saturated heterocycles. The van der Waals surface area contributed by atoms with Gasteiger partial charge in [-0.15, -0.1) is 0 Å². The van der Waals surface area contributed by atoms with Crippen LogP contribution in [-0.4, -0.2) is 73.0 Å². The van der Waals surface area contributed by atoms with Crippen LogP contribution in [-0.2, 0) is 17.8 Å². The van der Waals surface area contributed by atoms with Gasteiger partial charge >= 0.3 is 0 Å². The molecule has 1 aliphatic carbocycles. The average molecular weight is 398 g/mol. The summed E-state index contributed by atoms with van der Waals surface area (Å²) in [6, 6.07) is 6.64. The van der Waals surface area contributed by atoms with Crippen molar-refractivity contribution in [3.63, 3.8) is 0 Å². The van der Waals surface area contributed by atoms with Gasteiger partial charge in [-0.3, -0.25) is 14.6 Å². The zero-order valence-corrected chi connectivity index (χ0v) is 17.7. The number of likely N-dealkylation sites (tertiary alicyclic amines) is 1. The summed E-state index contributed by atoms with van der Waals surface area (Å²) in [5.41, 5.74) is 2.74. The molecule has 158 valence electrons. The fourth-order valence-electron chi connectivity index (χ4n) is 5.82. The van der Waals surface area contributed by atoms with Crippen LogP contribution in [0.25, 0.3) is 0 Å². The van der Waals surface area contributed by atoms with Gasteiger partial charge in [0.15, 0.2) is 0 Å². The lowest BCUT2D eigenvalue weighted by molar-refractivity contribution is -0.136. The molecule has 3 heterocycles. The molecule has 0 N–H and O–H groups in total. The Labute approximate surface area is 175 Å². The van der Waals surface area contributed by atoms with Crippen LogP contribution in [0.3, 0.4) is 0 Å². The summed E-state index contributed by atoms with van der Waals surface area (Å²) in [6.45, 7) is 8.54. The number of ether oxygens (including phenoxy) is 1. The number of rotatable bonds is 4.